The zero-order valence-corrected chi connectivity index (χ0v) is 25.2. The molecule has 0 unspecified atom stereocenters. The number of ketones is 1. The fourth-order valence-electron chi connectivity index (χ4n) is 3.12. The molecule has 3 rings (SSSR count). The third kappa shape index (κ3) is 8.57. The molecular formula is C31H40IrNO3-. The molecule has 0 amide bonds. The first-order chi connectivity index (χ1) is 16.4. The van der Waals surface area contributed by atoms with Gasteiger partial charge in [0, 0.05) is 54.2 Å². The van der Waals surface area contributed by atoms with E-state index in [9.17, 15) is 9.90 Å². The summed E-state index contributed by atoms with van der Waals surface area (Å²) >= 11 is 0. The van der Waals surface area contributed by atoms with Crippen LogP contribution >= 0.6 is 0 Å². The Hall–Kier alpha value is -2.49. The first-order valence-corrected chi connectivity index (χ1v) is 12.4. The molecule has 0 saturated heterocycles. The molecule has 2 aromatic carbocycles. The molecule has 1 radical (unpaired) electrons. The number of carbonyl (C=O) groups is 1. The van der Waals surface area contributed by atoms with Crippen LogP contribution in [0.2, 0.25) is 0 Å². The normalized spacial score (nSPS) is 12.0. The summed E-state index contributed by atoms with van der Waals surface area (Å²) in [4.78, 5) is 16.5. The van der Waals surface area contributed by atoms with Crippen LogP contribution in [0.15, 0.2) is 66.4 Å². The largest absolute Gasteiger partial charge is 0.512 e. The summed E-state index contributed by atoms with van der Waals surface area (Å²) < 4.78 is 5.81. The average Bonchev–Trinajstić information content (AvgIpc) is 2.84. The molecule has 0 aliphatic rings. The van der Waals surface area contributed by atoms with Crippen LogP contribution in [-0.4, -0.2) is 15.9 Å². The van der Waals surface area contributed by atoms with Crippen LogP contribution in [0.25, 0.3) is 10.8 Å². The number of hydrogen-bond donors (Lipinski definition) is 1. The molecule has 1 N–H and O–H groups in total. The van der Waals surface area contributed by atoms with E-state index in [1.807, 2.05) is 84.0 Å². The number of rotatable bonds is 8. The summed E-state index contributed by atoms with van der Waals surface area (Å²) in [6.45, 7) is 15.9. The van der Waals surface area contributed by atoms with Crippen molar-refractivity contribution < 1.29 is 34.7 Å². The maximum atomic E-state index is 11.8. The predicted molar refractivity (Wildman–Crippen MR) is 145 cm³/mol. The molecule has 0 bridgehead atoms. The van der Waals surface area contributed by atoms with Crippen molar-refractivity contribution in [2.45, 2.75) is 74.1 Å². The van der Waals surface area contributed by atoms with Gasteiger partial charge in [-0.2, -0.15) is 18.2 Å². The first-order valence-electron chi connectivity index (χ1n) is 12.4. The van der Waals surface area contributed by atoms with Crippen LogP contribution in [0.5, 0.6) is 11.6 Å². The van der Waals surface area contributed by atoms with Crippen LogP contribution in [0.3, 0.4) is 0 Å². The molecule has 0 aliphatic carbocycles. The van der Waals surface area contributed by atoms with Gasteiger partial charge in [-0.1, -0.05) is 79.7 Å². The Morgan fingerprint density at radius 2 is 1.64 bits per heavy atom. The number of allylic oxidation sites excluding steroid dienone is 2. The van der Waals surface area contributed by atoms with Gasteiger partial charge in [0.05, 0.1) is 5.69 Å². The standard InChI is InChI=1S/C18H16NO.C13H24O2.Ir/c1-13(2)18-16-11-7-6-8-14(16)12-17(19-18)20-15-9-4-3-5-10-15;1-7-12(3,4)10(14)9-11(15)13(5,6)8-2;/h3-9,11-13H,1-2H3;9,14H,7-8H2,1-6H3;/q-1;;/b;10-9-;. The zero-order valence-electron chi connectivity index (χ0n) is 22.8. The molecule has 0 atom stereocenters. The molecule has 5 heteroatoms. The number of aromatic nitrogens is 1. The quantitative estimate of drug-likeness (QED) is 0.148. The van der Waals surface area contributed by atoms with Gasteiger partial charge in [0.15, 0.2) is 5.78 Å². The Morgan fingerprint density at radius 1 is 1.03 bits per heavy atom. The molecule has 1 aromatic heterocycles. The van der Waals surface area contributed by atoms with E-state index < -0.39 is 0 Å². The van der Waals surface area contributed by atoms with E-state index in [2.05, 4.69) is 37.0 Å². The minimum atomic E-state index is -0.377. The number of nitrogens with zero attached hydrogens (tertiary/aromatic N) is 1. The minimum Gasteiger partial charge on any atom is -0.512 e. The third-order valence-electron chi connectivity index (χ3n) is 6.58. The van der Waals surface area contributed by atoms with Crippen LogP contribution < -0.4 is 4.74 Å². The van der Waals surface area contributed by atoms with Gasteiger partial charge >= 0.3 is 0 Å². The minimum absolute atomic E-state index is 0. The van der Waals surface area contributed by atoms with Crippen molar-refractivity contribution in [1.29, 1.82) is 0 Å². The Kier molecular flexibility index (Phi) is 12.0. The van der Waals surface area contributed by atoms with Crippen molar-refractivity contribution in [2.24, 2.45) is 10.8 Å². The number of aliphatic hydroxyl groups excluding tert-OH is 1. The fourth-order valence-corrected chi connectivity index (χ4v) is 3.12. The van der Waals surface area contributed by atoms with Crippen molar-refractivity contribution in [2.75, 3.05) is 0 Å². The molecule has 1 heterocycles. The Balaban J connectivity index is 0.000000367. The molecule has 36 heavy (non-hydrogen) atoms. The molecule has 0 spiro atoms. The zero-order chi connectivity index (χ0) is 26.2. The van der Waals surface area contributed by atoms with E-state index in [1.54, 1.807) is 0 Å². The summed E-state index contributed by atoms with van der Waals surface area (Å²) in [5, 5.41) is 12.2. The van der Waals surface area contributed by atoms with Gasteiger partial charge in [0.25, 0.3) is 0 Å². The summed E-state index contributed by atoms with van der Waals surface area (Å²) in [5.74, 6) is 1.85. The van der Waals surface area contributed by atoms with Crippen LogP contribution in [0.1, 0.15) is 79.8 Å². The second-order valence-electron chi connectivity index (χ2n) is 10.4. The van der Waals surface area contributed by atoms with Gasteiger partial charge in [0.2, 0.25) is 5.88 Å². The summed E-state index contributed by atoms with van der Waals surface area (Å²) in [5.41, 5.74) is 0.381. The smallest absolute Gasteiger partial charge is 0.217 e. The van der Waals surface area contributed by atoms with Crippen molar-refractivity contribution in [3.63, 3.8) is 0 Å². The van der Waals surface area contributed by atoms with E-state index in [0.717, 1.165) is 23.9 Å². The van der Waals surface area contributed by atoms with Crippen molar-refractivity contribution in [3.05, 3.63) is 78.2 Å². The average molecular weight is 667 g/mol. The number of ether oxygens (including phenoxy) is 1. The topological polar surface area (TPSA) is 59.4 Å². The second kappa shape index (κ2) is 13.7. The number of pyridine rings is 1. The third-order valence-corrected chi connectivity index (χ3v) is 6.58. The number of hydrogen-bond acceptors (Lipinski definition) is 4. The van der Waals surface area contributed by atoms with Gasteiger partial charge in [-0.05, 0) is 24.1 Å². The van der Waals surface area contributed by atoms with Crippen LogP contribution in [0.4, 0.5) is 0 Å². The van der Waals surface area contributed by atoms with Gasteiger partial charge in [0.1, 0.15) is 5.76 Å². The van der Waals surface area contributed by atoms with Gasteiger partial charge in [-0.15, -0.1) is 12.1 Å². The molecule has 4 nitrogen and oxygen atoms in total. The van der Waals surface area contributed by atoms with Gasteiger partial charge in [-0.3, -0.25) is 4.79 Å². The second-order valence-corrected chi connectivity index (χ2v) is 10.4. The number of carbonyl (C=O) groups excluding carboxylic acids is 1. The van der Waals surface area contributed by atoms with Crippen molar-refractivity contribution in [3.8, 4) is 11.6 Å². The van der Waals surface area contributed by atoms with Crippen LogP contribution in [-0.2, 0) is 24.9 Å². The summed E-state index contributed by atoms with van der Waals surface area (Å²) in [6.07, 6.45) is 2.99. The summed E-state index contributed by atoms with van der Waals surface area (Å²) in [7, 11) is 0. The molecule has 0 fully saturated rings. The van der Waals surface area contributed by atoms with E-state index >= 15 is 0 Å². The maximum Gasteiger partial charge on any atom is 0.217 e. The maximum absolute atomic E-state index is 11.8. The molecule has 0 aliphatic heterocycles. The van der Waals surface area contributed by atoms with Crippen molar-refractivity contribution >= 4 is 16.6 Å². The van der Waals surface area contributed by atoms with E-state index in [1.165, 1.54) is 11.5 Å². The molecule has 3 aromatic rings. The monoisotopic (exact) mass is 667 g/mol. The number of para-hydroxylation sites is 1. The van der Waals surface area contributed by atoms with E-state index in [-0.39, 0.29) is 42.5 Å². The van der Waals surface area contributed by atoms with Crippen molar-refractivity contribution in [1.82, 2.24) is 4.98 Å². The predicted octanol–water partition coefficient (Wildman–Crippen LogP) is 8.82. The van der Waals surface area contributed by atoms with Gasteiger partial charge in [-0.25, -0.2) is 4.98 Å². The number of benzene rings is 2. The van der Waals surface area contributed by atoms with E-state index in [4.69, 9.17) is 4.74 Å². The molecule has 0 saturated carbocycles. The van der Waals surface area contributed by atoms with E-state index in [0.29, 0.717) is 17.5 Å². The SMILES string of the molecule is CC(C)c1nc(Oc2[c-]cccc2)cc2ccccc12.CCC(C)(C)C(=O)/C=C(\O)C(C)(C)CC.[Ir]. The fraction of sp³-hybridized carbons (Fsp3) is 0.419. The molecular weight excluding hydrogens is 627 g/mol. The Bertz CT molecular complexity index is 1150. The summed E-state index contributed by atoms with van der Waals surface area (Å²) in [6, 6.07) is 20.9. The first kappa shape index (κ1) is 31.5. The van der Waals surface area contributed by atoms with Crippen LogP contribution in [0, 0.1) is 16.9 Å². The van der Waals surface area contributed by atoms with Gasteiger partial charge < -0.3 is 9.84 Å². The number of fused-ring (bicyclic) bond motifs is 1. The Labute approximate surface area is 230 Å². The molecule has 197 valence electrons. The number of aliphatic hydroxyl groups is 1. The Morgan fingerprint density at radius 3 is 2.19 bits per heavy atom.